The molecule has 3 fully saturated rings. The molecule has 1 aromatic heterocycles. The zero-order valence-corrected chi connectivity index (χ0v) is 20.9. The number of fused-ring (bicyclic) bond motifs is 1. The first-order valence-corrected chi connectivity index (χ1v) is 12.7. The van der Waals surface area contributed by atoms with Crippen molar-refractivity contribution < 1.29 is 9.59 Å². The molecule has 0 radical (unpaired) electrons. The summed E-state index contributed by atoms with van der Waals surface area (Å²) in [6.07, 6.45) is 12.3. The fourth-order valence-corrected chi connectivity index (χ4v) is 6.03. The lowest BCUT2D eigenvalue weighted by atomic mass is 9.90. The topological polar surface area (TPSA) is 81.1 Å². The molecule has 1 spiro atoms. The van der Waals surface area contributed by atoms with Gasteiger partial charge in [-0.2, -0.15) is 5.10 Å². The molecular formula is C27H36N6O2. The van der Waals surface area contributed by atoms with Crippen LogP contribution in [0.15, 0.2) is 40.9 Å². The van der Waals surface area contributed by atoms with Gasteiger partial charge in [-0.25, -0.2) is 0 Å². The summed E-state index contributed by atoms with van der Waals surface area (Å²) in [4.78, 5) is 34.2. The lowest BCUT2D eigenvalue weighted by Crippen LogP contribution is -2.41. The molecule has 2 aliphatic heterocycles. The van der Waals surface area contributed by atoms with E-state index in [1.807, 2.05) is 41.4 Å². The largest absolute Gasteiger partial charge is 0.352 e. The number of hydrogen-bond donors (Lipinski definition) is 1. The number of pyridine rings is 1. The van der Waals surface area contributed by atoms with Crippen LogP contribution in [0.5, 0.6) is 0 Å². The maximum absolute atomic E-state index is 13.1. The Labute approximate surface area is 207 Å². The highest BCUT2D eigenvalue weighted by atomic mass is 16.2. The van der Waals surface area contributed by atoms with Gasteiger partial charge < -0.3 is 15.1 Å². The summed E-state index contributed by atoms with van der Waals surface area (Å²) < 4.78 is 0. The van der Waals surface area contributed by atoms with Crippen molar-refractivity contribution in [2.45, 2.75) is 45.1 Å². The quantitative estimate of drug-likeness (QED) is 0.371. The third-order valence-corrected chi connectivity index (χ3v) is 8.43. The van der Waals surface area contributed by atoms with Crippen molar-refractivity contribution >= 4 is 24.6 Å². The summed E-state index contributed by atoms with van der Waals surface area (Å²) in [5.74, 6) is 0.629. The third-order valence-electron chi connectivity index (χ3n) is 8.43. The molecule has 0 bridgehead atoms. The summed E-state index contributed by atoms with van der Waals surface area (Å²) in [7, 11) is 2.10. The van der Waals surface area contributed by atoms with Crippen LogP contribution in [0.2, 0.25) is 0 Å². The minimum atomic E-state index is 0.0328. The molecule has 3 heterocycles. The zero-order valence-electron chi connectivity index (χ0n) is 20.9. The highest BCUT2D eigenvalue weighted by Gasteiger charge is 2.54. The number of rotatable bonds is 7. The number of amides is 2. The molecule has 2 saturated heterocycles. The molecule has 8 nitrogen and oxygen atoms in total. The van der Waals surface area contributed by atoms with E-state index in [-0.39, 0.29) is 23.3 Å². The van der Waals surface area contributed by atoms with Gasteiger partial charge in [-0.15, -0.1) is 0 Å². The molecule has 0 aromatic carbocycles. The Hall–Kier alpha value is -3.00. The van der Waals surface area contributed by atoms with E-state index in [2.05, 4.69) is 34.1 Å². The SMILES string of the molecule is C=NN(C=C(C)C(=O)N1CCC2(CC1)CC2CNC(=O)C1=Cc2ccncc2C1)C1CCN(C)C1. The smallest absolute Gasteiger partial charge is 0.251 e. The molecule has 8 heteroatoms. The van der Waals surface area contributed by atoms with Gasteiger partial charge in [0, 0.05) is 69.1 Å². The fraction of sp³-hybridized carbons (Fsp3) is 0.556. The Kier molecular flexibility index (Phi) is 6.49. The Morgan fingerprint density at radius 1 is 1.34 bits per heavy atom. The molecule has 35 heavy (non-hydrogen) atoms. The van der Waals surface area contributed by atoms with Crippen LogP contribution < -0.4 is 5.32 Å². The maximum Gasteiger partial charge on any atom is 0.251 e. The van der Waals surface area contributed by atoms with Crippen molar-refractivity contribution in [1.82, 2.24) is 25.1 Å². The van der Waals surface area contributed by atoms with Gasteiger partial charge in [0.2, 0.25) is 5.91 Å². The average molecular weight is 477 g/mol. The predicted octanol–water partition coefficient (Wildman–Crippen LogP) is 2.29. The van der Waals surface area contributed by atoms with Crippen LogP contribution >= 0.6 is 0 Å². The molecule has 186 valence electrons. The van der Waals surface area contributed by atoms with Gasteiger partial charge in [-0.05, 0) is 80.8 Å². The van der Waals surface area contributed by atoms with Crippen LogP contribution in [0.25, 0.3) is 6.08 Å². The minimum absolute atomic E-state index is 0.0328. The lowest BCUT2D eigenvalue weighted by molar-refractivity contribution is -0.128. The van der Waals surface area contributed by atoms with Gasteiger partial charge in [0.25, 0.3) is 5.91 Å². The molecule has 5 rings (SSSR count). The number of aromatic nitrogens is 1. The van der Waals surface area contributed by atoms with Crippen LogP contribution in [0.3, 0.4) is 0 Å². The molecule has 1 aromatic rings. The zero-order chi connectivity index (χ0) is 24.6. The second-order valence-corrected chi connectivity index (χ2v) is 10.7. The number of nitrogens with zero attached hydrogens (tertiary/aromatic N) is 5. The Morgan fingerprint density at radius 2 is 2.14 bits per heavy atom. The average Bonchev–Trinajstić information content (AvgIpc) is 3.17. The molecule has 2 atom stereocenters. The summed E-state index contributed by atoms with van der Waals surface area (Å²) in [6, 6.07) is 2.23. The first kappa shape index (κ1) is 23.7. The third kappa shape index (κ3) is 4.89. The van der Waals surface area contributed by atoms with Crippen molar-refractivity contribution in [1.29, 1.82) is 0 Å². The highest BCUT2D eigenvalue weighted by molar-refractivity contribution is 6.00. The van der Waals surface area contributed by atoms with E-state index in [1.54, 1.807) is 6.20 Å². The summed E-state index contributed by atoms with van der Waals surface area (Å²) >= 11 is 0. The van der Waals surface area contributed by atoms with Crippen molar-refractivity contribution in [3.8, 4) is 0 Å². The van der Waals surface area contributed by atoms with Crippen molar-refractivity contribution in [3.05, 3.63) is 46.9 Å². The number of carbonyl (C=O) groups excluding carboxylic acids is 2. The molecule has 2 amide bonds. The first-order chi connectivity index (χ1) is 16.9. The van der Waals surface area contributed by atoms with E-state index >= 15 is 0 Å². The van der Waals surface area contributed by atoms with E-state index in [9.17, 15) is 9.59 Å². The molecule has 1 saturated carbocycles. The Bertz CT molecular complexity index is 1070. The maximum atomic E-state index is 13.1. The number of likely N-dealkylation sites (N-methyl/N-ethyl adjacent to an activating group) is 1. The van der Waals surface area contributed by atoms with E-state index < -0.39 is 0 Å². The predicted molar refractivity (Wildman–Crippen MR) is 136 cm³/mol. The van der Waals surface area contributed by atoms with Gasteiger partial charge >= 0.3 is 0 Å². The second kappa shape index (κ2) is 9.57. The van der Waals surface area contributed by atoms with Gasteiger partial charge in [0.15, 0.2) is 0 Å². The number of likely N-dealkylation sites (tertiary alicyclic amines) is 2. The van der Waals surface area contributed by atoms with E-state index in [0.29, 0.717) is 24.5 Å². The van der Waals surface area contributed by atoms with Crippen LogP contribution in [0.4, 0.5) is 0 Å². The number of carbonyl (C=O) groups is 2. The monoisotopic (exact) mass is 476 g/mol. The first-order valence-electron chi connectivity index (χ1n) is 12.7. The van der Waals surface area contributed by atoms with E-state index in [4.69, 9.17) is 0 Å². The summed E-state index contributed by atoms with van der Waals surface area (Å²) in [6.45, 7) is 9.82. The molecule has 2 aliphatic carbocycles. The second-order valence-electron chi connectivity index (χ2n) is 10.7. The number of nitrogens with one attached hydrogen (secondary N) is 1. The van der Waals surface area contributed by atoms with E-state index in [0.717, 1.165) is 68.6 Å². The van der Waals surface area contributed by atoms with Gasteiger partial charge in [0.1, 0.15) is 0 Å². The minimum Gasteiger partial charge on any atom is -0.352 e. The van der Waals surface area contributed by atoms with Crippen LogP contribution in [-0.4, -0.2) is 84.1 Å². The summed E-state index contributed by atoms with van der Waals surface area (Å²) in [5, 5.41) is 9.18. The van der Waals surface area contributed by atoms with E-state index in [1.165, 1.54) is 0 Å². The number of piperidine rings is 1. The van der Waals surface area contributed by atoms with Crippen LogP contribution in [0, 0.1) is 11.3 Å². The highest BCUT2D eigenvalue weighted by Crippen LogP contribution is 2.59. The number of hydrogen-bond acceptors (Lipinski definition) is 6. The van der Waals surface area contributed by atoms with Crippen LogP contribution in [0.1, 0.15) is 43.7 Å². The van der Waals surface area contributed by atoms with Gasteiger partial charge in [-0.3, -0.25) is 19.6 Å². The molecule has 2 unspecified atom stereocenters. The summed E-state index contributed by atoms with van der Waals surface area (Å²) in [5.41, 5.74) is 4.02. The standard InChI is InChI=1S/C27H36N6O2/c1-19(17-33(28-2)24-5-9-31(3)18-24)26(35)32-10-6-27(7-11-32)14-23(27)16-30-25(34)21-12-20-4-8-29-15-22(20)13-21/h4,8,12,15,17,23-24H,2,5-7,9-11,13-14,16,18H2,1,3H3,(H,30,34). The Balaban J connectivity index is 1.08. The van der Waals surface area contributed by atoms with Gasteiger partial charge in [0.05, 0.1) is 6.04 Å². The van der Waals surface area contributed by atoms with Crippen LogP contribution in [-0.2, 0) is 16.0 Å². The normalized spacial score (nSPS) is 25.3. The molecule has 1 N–H and O–H groups in total. The van der Waals surface area contributed by atoms with Gasteiger partial charge in [-0.1, -0.05) is 0 Å². The fourth-order valence-electron chi connectivity index (χ4n) is 6.03. The molecular weight excluding hydrogens is 440 g/mol. The Morgan fingerprint density at radius 3 is 2.83 bits per heavy atom. The number of hydrazone groups is 1. The van der Waals surface area contributed by atoms with Crippen molar-refractivity contribution in [2.75, 3.05) is 39.8 Å². The lowest BCUT2D eigenvalue weighted by Gasteiger charge is -2.33. The molecule has 4 aliphatic rings. The van der Waals surface area contributed by atoms with Crippen molar-refractivity contribution in [3.63, 3.8) is 0 Å². The van der Waals surface area contributed by atoms with Crippen molar-refractivity contribution in [2.24, 2.45) is 16.4 Å².